The third kappa shape index (κ3) is 3.83. The number of rotatable bonds is 6. The summed E-state index contributed by atoms with van der Waals surface area (Å²) in [5, 5.41) is 0. The second-order valence-corrected chi connectivity index (χ2v) is 3.46. The first-order valence-electron chi connectivity index (χ1n) is 5.46. The third-order valence-electron chi connectivity index (χ3n) is 2.11. The molecule has 17 heavy (non-hydrogen) atoms. The smallest absolute Gasteiger partial charge is 0.241 e. The van der Waals surface area contributed by atoms with Crippen LogP contribution in [0.4, 0.5) is 0 Å². The number of methoxy groups -OCH3 is 1. The van der Waals surface area contributed by atoms with Crippen LogP contribution in [0.2, 0.25) is 0 Å². The molecule has 0 aliphatic rings. The molecule has 0 aliphatic carbocycles. The molecule has 0 heterocycles. The van der Waals surface area contributed by atoms with Crippen molar-refractivity contribution in [2.75, 3.05) is 13.7 Å². The lowest BCUT2D eigenvalue weighted by atomic mass is 10.1. The number of hydrogen-bond donors (Lipinski definition) is 1. The fraction of sp³-hybridized carbons (Fsp3) is 0.308. The zero-order valence-electron chi connectivity index (χ0n) is 10.1. The fourth-order valence-electron chi connectivity index (χ4n) is 1.36. The zero-order valence-corrected chi connectivity index (χ0v) is 10.1. The Labute approximate surface area is 101 Å². The van der Waals surface area contributed by atoms with Crippen molar-refractivity contribution in [1.82, 2.24) is 0 Å². The van der Waals surface area contributed by atoms with E-state index in [1.807, 2.05) is 25.1 Å². The van der Waals surface area contributed by atoms with Crippen molar-refractivity contribution in [1.29, 1.82) is 0 Å². The van der Waals surface area contributed by atoms with E-state index in [2.05, 4.69) is 0 Å². The molecule has 0 atom stereocenters. The largest absolute Gasteiger partial charge is 0.493 e. The molecule has 0 aromatic heterocycles. The number of carbonyl (C=O) groups excluding carboxylic acids is 1. The molecule has 0 fully saturated rings. The summed E-state index contributed by atoms with van der Waals surface area (Å²) in [6.07, 6.45) is 3.82. The number of benzene rings is 1. The van der Waals surface area contributed by atoms with Crippen LogP contribution in [0.3, 0.4) is 0 Å². The normalized spacial score (nSPS) is 10.5. The first-order valence-corrected chi connectivity index (χ1v) is 5.46. The Morgan fingerprint density at radius 2 is 2.24 bits per heavy atom. The van der Waals surface area contributed by atoms with Gasteiger partial charge in [-0.05, 0) is 18.6 Å². The molecule has 2 N–H and O–H groups in total. The summed E-state index contributed by atoms with van der Waals surface area (Å²) in [6, 6.07) is 5.48. The summed E-state index contributed by atoms with van der Waals surface area (Å²) in [6.45, 7) is 2.62. The van der Waals surface area contributed by atoms with E-state index in [9.17, 15) is 4.79 Å². The lowest BCUT2D eigenvalue weighted by Gasteiger charge is -2.12. The number of ether oxygens (including phenoxy) is 2. The highest BCUT2D eigenvalue weighted by Gasteiger charge is 2.08. The van der Waals surface area contributed by atoms with E-state index in [0.717, 1.165) is 12.0 Å². The molecule has 4 heteroatoms. The minimum Gasteiger partial charge on any atom is -0.493 e. The monoisotopic (exact) mass is 235 g/mol. The van der Waals surface area contributed by atoms with Crippen molar-refractivity contribution in [3.05, 3.63) is 29.8 Å². The molecule has 1 amide bonds. The molecule has 0 bridgehead atoms. The second kappa shape index (κ2) is 6.58. The number of hydrogen-bond acceptors (Lipinski definition) is 3. The van der Waals surface area contributed by atoms with Crippen LogP contribution in [0.5, 0.6) is 11.5 Å². The minimum atomic E-state index is -0.491. The first-order chi connectivity index (χ1) is 8.19. The van der Waals surface area contributed by atoms with E-state index in [-0.39, 0.29) is 0 Å². The summed E-state index contributed by atoms with van der Waals surface area (Å²) >= 11 is 0. The van der Waals surface area contributed by atoms with Crippen LogP contribution in [0.15, 0.2) is 24.3 Å². The SMILES string of the molecule is CCCOc1c(/C=C\C(N)=O)cccc1OC. The number of para-hydroxylation sites is 1. The van der Waals surface area contributed by atoms with E-state index < -0.39 is 5.91 Å². The second-order valence-electron chi connectivity index (χ2n) is 3.46. The van der Waals surface area contributed by atoms with Gasteiger partial charge >= 0.3 is 0 Å². The molecular formula is C13H17NO3. The molecule has 0 spiro atoms. The first kappa shape index (κ1) is 13.1. The van der Waals surface area contributed by atoms with Gasteiger partial charge in [-0.2, -0.15) is 0 Å². The number of amides is 1. The standard InChI is InChI=1S/C13H17NO3/c1-3-9-17-13-10(7-8-12(14)15)5-4-6-11(13)16-2/h4-8H,3,9H2,1-2H3,(H2,14,15)/b8-7-. The molecule has 0 saturated heterocycles. The van der Waals surface area contributed by atoms with Gasteiger partial charge in [-0.15, -0.1) is 0 Å². The highest BCUT2D eigenvalue weighted by molar-refractivity contribution is 5.90. The zero-order chi connectivity index (χ0) is 12.7. The Morgan fingerprint density at radius 3 is 2.82 bits per heavy atom. The highest BCUT2D eigenvalue weighted by Crippen LogP contribution is 2.32. The van der Waals surface area contributed by atoms with Crippen molar-refractivity contribution in [3.8, 4) is 11.5 Å². The summed E-state index contributed by atoms with van der Waals surface area (Å²) in [5.74, 6) is 0.786. The van der Waals surface area contributed by atoms with Gasteiger partial charge in [0.25, 0.3) is 0 Å². The number of carbonyl (C=O) groups is 1. The van der Waals surface area contributed by atoms with Gasteiger partial charge in [-0.3, -0.25) is 4.79 Å². The summed E-state index contributed by atoms with van der Waals surface area (Å²) < 4.78 is 10.8. The molecule has 1 aromatic rings. The Hall–Kier alpha value is -1.97. The Bertz CT molecular complexity index is 413. The lowest BCUT2D eigenvalue weighted by Crippen LogP contribution is -2.05. The van der Waals surface area contributed by atoms with Gasteiger partial charge in [0.15, 0.2) is 11.5 Å². The van der Waals surface area contributed by atoms with Crippen LogP contribution >= 0.6 is 0 Å². The molecule has 0 aliphatic heterocycles. The van der Waals surface area contributed by atoms with Crippen LogP contribution in [0, 0.1) is 0 Å². The molecule has 1 rings (SSSR count). The average Bonchev–Trinajstić information content (AvgIpc) is 2.33. The third-order valence-corrected chi connectivity index (χ3v) is 2.11. The van der Waals surface area contributed by atoms with Gasteiger partial charge < -0.3 is 15.2 Å². The van der Waals surface area contributed by atoms with Crippen LogP contribution in [0.25, 0.3) is 6.08 Å². The van der Waals surface area contributed by atoms with E-state index in [1.165, 1.54) is 6.08 Å². The van der Waals surface area contributed by atoms with Crippen molar-refractivity contribution in [3.63, 3.8) is 0 Å². The Balaban J connectivity index is 3.05. The van der Waals surface area contributed by atoms with E-state index >= 15 is 0 Å². The van der Waals surface area contributed by atoms with E-state index in [0.29, 0.717) is 18.1 Å². The summed E-state index contributed by atoms with van der Waals surface area (Å²) in [5.41, 5.74) is 5.84. The average molecular weight is 235 g/mol. The van der Waals surface area contributed by atoms with Crippen LogP contribution < -0.4 is 15.2 Å². The van der Waals surface area contributed by atoms with Crippen LogP contribution in [0.1, 0.15) is 18.9 Å². The molecule has 4 nitrogen and oxygen atoms in total. The maximum absolute atomic E-state index is 10.7. The molecule has 0 unspecified atom stereocenters. The summed E-state index contributed by atoms with van der Waals surface area (Å²) in [7, 11) is 1.58. The predicted octanol–water partition coefficient (Wildman–Crippen LogP) is 1.98. The Morgan fingerprint density at radius 1 is 1.47 bits per heavy atom. The molecule has 0 radical (unpaired) electrons. The maximum Gasteiger partial charge on any atom is 0.241 e. The van der Waals surface area contributed by atoms with Gasteiger partial charge in [0, 0.05) is 11.6 Å². The van der Waals surface area contributed by atoms with Gasteiger partial charge in [-0.1, -0.05) is 19.1 Å². The van der Waals surface area contributed by atoms with Gasteiger partial charge in [-0.25, -0.2) is 0 Å². The van der Waals surface area contributed by atoms with Crippen molar-refractivity contribution >= 4 is 12.0 Å². The Kier molecular flexibility index (Phi) is 5.07. The number of primary amides is 1. The van der Waals surface area contributed by atoms with E-state index in [1.54, 1.807) is 13.2 Å². The highest BCUT2D eigenvalue weighted by atomic mass is 16.5. The fourth-order valence-corrected chi connectivity index (χ4v) is 1.36. The molecule has 92 valence electrons. The predicted molar refractivity (Wildman–Crippen MR) is 67.0 cm³/mol. The summed E-state index contributed by atoms with van der Waals surface area (Å²) in [4.78, 5) is 10.7. The van der Waals surface area contributed by atoms with Gasteiger partial charge in [0.05, 0.1) is 13.7 Å². The van der Waals surface area contributed by atoms with Crippen molar-refractivity contribution in [2.45, 2.75) is 13.3 Å². The quantitative estimate of drug-likeness (QED) is 0.767. The number of nitrogens with two attached hydrogens (primary N) is 1. The molecule has 1 aromatic carbocycles. The maximum atomic E-state index is 10.7. The topological polar surface area (TPSA) is 61.5 Å². The van der Waals surface area contributed by atoms with Crippen LogP contribution in [-0.2, 0) is 4.79 Å². The molecular weight excluding hydrogens is 218 g/mol. The molecule has 0 saturated carbocycles. The minimum absolute atomic E-state index is 0.491. The van der Waals surface area contributed by atoms with Gasteiger partial charge in [0.2, 0.25) is 5.91 Å². The van der Waals surface area contributed by atoms with Crippen molar-refractivity contribution < 1.29 is 14.3 Å². The van der Waals surface area contributed by atoms with Gasteiger partial charge in [0.1, 0.15) is 0 Å². The van der Waals surface area contributed by atoms with Crippen molar-refractivity contribution in [2.24, 2.45) is 5.73 Å². The lowest BCUT2D eigenvalue weighted by molar-refractivity contribution is -0.113. The van der Waals surface area contributed by atoms with E-state index in [4.69, 9.17) is 15.2 Å². The van der Waals surface area contributed by atoms with Crippen LogP contribution in [-0.4, -0.2) is 19.6 Å².